The number of hydrogen-bond donors (Lipinski definition) is 1. The maximum Gasteiger partial charge on any atom is 0.142 e. The maximum absolute atomic E-state index is 13.2. The fraction of sp³-hybridized carbons (Fsp3) is 0.571. The third kappa shape index (κ3) is 5.51. The Morgan fingerprint density at radius 2 is 2.06 bits per heavy atom. The highest BCUT2D eigenvalue weighted by Crippen LogP contribution is 2.17. The average Bonchev–Trinajstić information content (AvgIpc) is 2.30. The number of benzene rings is 1. The van der Waals surface area contributed by atoms with Crippen molar-refractivity contribution in [3.8, 4) is 0 Å². The van der Waals surface area contributed by atoms with Gasteiger partial charge in [-0.15, -0.1) is 0 Å². The molecule has 0 heterocycles. The van der Waals surface area contributed by atoms with Crippen molar-refractivity contribution in [2.75, 3.05) is 0 Å². The van der Waals surface area contributed by atoms with Gasteiger partial charge < -0.3 is 5.11 Å². The van der Waals surface area contributed by atoms with Crippen LogP contribution in [0.3, 0.4) is 0 Å². The highest BCUT2D eigenvalue weighted by molar-refractivity contribution is 6.30. The monoisotopic (exact) mass is 258 g/mol. The van der Waals surface area contributed by atoms with Crippen LogP contribution in [0.5, 0.6) is 0 Å². The Balaban J connectivity index is 2.34. The minimum Gasteiger partial charge on any atom is -0.393 e. The van der Waals surface area contributed by atoms with E-state index in [9.17, 15) is 9.50 Å². The summed E-state index contributed by atoms with van der Waals surface area (Å²) in [6.45, 7) is 2.16. The molecule has 0 aliphatic heterocycles. The summed E-state index contributed by atoms with van der Waals surface area (Å²) in [5, 5.41) is 9.94. The van der Waals surface area contributed by atoms with Gasteiger partial charge in [-0.3, -0.25) is 0 Å². The summed E-state index contributed by atoms with van der Waals surface area (Å²) in [6.07, 6.45) is 5.49. The molecule has 0 aromatic heterocycles. The number of unbranched alkanes of at least 4 members (excludes halogenated alkanes) is 3. The van der Waals surface area contributed by atoms with E-state index in [2.05, 4.69) is 6.92 Å². The van der Waals surface area contributed by atoms with E-state index >= 15 is 0 Å². The van der Waals surface area contributed by atoms with Crippen molar-refractivity contribution < 1.29 is 9.50 Å². The smallest absolute Gasteiger partial charge is 0.142 e. The zero-order valence-electron chi connectivity index (χ0n) is 10.3. The maximum atomic E-state index is 13.2. The lowest BCUT2D eigenvalue weighted by atomic mass is 10.0. The van der Waals surface area contributed by atoms with E-state index in [1.54, 1.807) is 6.07 Å². The average molecular weight is 259 g/mol. The second-order valence-corrected chi connectivity index (χ2v) is 4.86. The molecular weight excluding hydrogens is 239 g/mol. The molecule has 1 aromatic carbocycles. The van der Waals surface area contributed by atoms with Gasteiger partial charge in [0.15, 0.2) is 0 Å². The summed E-state index contributed by atoms with van der Waals surface area (Å²) >= 11 is 5.60. The molecule has 1 atom stereocenters. The Kier molecular flexibility index (Phi) is 6.53. The van der Waals surface area contributed by atoms with Gasteiger partial charge in [-0.05, 0) is 30.5 Å². The van der Waals surface area contributed by atoms with Crippen molar-refractivity contribution in [2.45, 2.75) is 51.6 Å². The van der Waals surface area contributed by atoms with Crippen LogP contribution in [-0.4, -0.2) is 11.2 Å². The molecule has 0 spiro atoms. The quantitative estimate of drug-likeness (QED) is 0.721. The third-order valence-electron chi connectivity index (χ3n) is 2.85. The molecule has 0 fully saturated rings. The summed E-state index contributed by atoms with van der Waals surface area (Å²) in [6, 6.07) is 4.70. The molecule has 1 rings (SSSR count). The molecule has 3 heteroatoms. The molecule has 0 bridgehead atoms. The number of rotatable bonds is 7. The predicted molar refractivity (Wildman–Crippen MR) is 69.9 cm³/mol. The number of halogens is 2. The fourth-order valence-electron chi connectivity index (χ4n) is 1.85. The van der Waals surface area contributed by atoms with E-state index < -0.39 is 5.82 Å². The van der Waals surface area contributed by atoms with Gasteiger partial charge in [0.05, 0.1) is 11.1 Å². The lowest BCUT2D eigenvalue weighted by molar-refractivity contribution is 0.161. The molecule has 0 aliphatic carbocycles. The zero-order chi connectivity index (χ0) is 12.7. The van der Waals surface area contributed by atoms with E-state index in [1.165, 1.54) is 25.0 Å². The molecule has 1 aromatic rings. The Labute approximate surface area is 108 Å². The van der Waals surface area contributed by atoms with E-state index in [1.807, 2.05) is 0 Å². The van der Waals surface area contributed by atoms with Crippen LogP contribution in [0.2, 0.25) is 5.02 Å². The molecule has 0 saturated heterocycles. The minimum atomic E-state index is -0.414. The largest absolute Gasteiger partial charge is 0.393 e. The van der Waals surface area contributed by atoms with E-state index in [0.29, 0.717) is 6.42 Å². The van der Waals surface area contributed by atoms with Gasteiger partial charge in [-0.1, -0.05) is 50.3 Å². The lowest BCUT2D eigenvalue weighted by Crippen LogP contribution is -2.10. The molecular formula is C14H20ClFO. The number of aliphatic hydroxyl groups is 1. The van der Waals surface area contributed by atoms with Crippen LogP contribution in [0.25, 0.3) is 0 Å². The summed E-state index contributed by atoms with van der Waals surface area (Å²) in [5.41, 5.74) is 0.801. The molecule has 0 amide bonds. The highest BCUT2D eigenvalue weighted by atomic mass is 35.5. The van der Waals surface area contributed by atoms with Gasteiger partial charge in [0.25, 0.3) is 0 Å². The Morgan fingerprint density at radius 1 is 1.29 bits per heavy atom. The molecule has 0 radical (unpaired) electrons. The van der Waals surface area contributed by atoms with Crippen LogP contribution < -0.4 is 0 Å². The first-order valence-corrected chi connectivity index (χ1v) is 6.63. The van der Waals surface area contributed by atoms with Crippen LogP contribution in [0.1, 0.15) is 44.6 Å². The molecule has 1 N–H and O–H groups in total. The summed E-state index contributed by atoms with van der Waals surface area (Å²) in [5.74, 6) is -0.414. The number of aliphatic hydroxyl groups excluding tert-OH is 1. The van der Waals surface area contributed by atoms with Gasteiger partial charge >= 0.3 is 0 Å². The summed E-state index contributed by atoms with van der Waals surface area (Å²) < 4.78 is 13.2. The van der Waals surface area contributed by atoms with Crippen molar-refractivity contribution in [1.29, 1.82) is 0 Å². The van der Waals surface area contributed by atoms with Crippen molar-refractivity contribution in [3.63, 3.8) is 0 Å². The van der Waals surface area contributed by atoms with E-state index in [0.717, 1.165) is 24.8 Å². The van der Waals surface area contributed by atoms with Crippen molar-refractivity contribution >= 4 is 11.6 Å². The first-order valence-electron chi connectivity index (χ1n) is 6.25. The molecule has 0 aliphatic rings. The van der Waals surface area contributed by atoms with Gasteiger partial charge in [0.1, 0.15) is 5.82 Å². The van der Waals surface area contributed by atoms with Crippen LogP contribution in [0, 0.1) is 5.82 Å². The standard InChI is InChI=1S/C14H20ClFO/c1-2-3-4-5-6-12(17)9-11-7-8-13(15)14(16)10-11/h7-8,10,12,17H,2-6,9H2,1H3. The van der Waals surface area contributed by atoms with Gasteiger partial charge in [-0.25, -0.2) is 4.39 Å². The van der Waals surface area contributed by atoms with Crippen molar-refractivity contribution in [1.82, 2.24) is 0 Å². The molecule has 17 heavy (non-hydrogen) atoms. The Hall–Kier alpha value is -0.600. The predicted octanol–water partition coefficient (Wildman–Crippen LogP) is 4.35. The van der Waals surface area contributed by atoms with Gasteiger partial charge in [-0.2, -0.15) is 0 Å². The zero-order valence-corrected chi connectivity index (χ0v) is 11.0. The minimum absolute atomic E-state index is 0.131. The molecule has 96 valence electrons. The second kappa shape index (κ2) is 7.67. The third-order valence-corrected chi connectivity index (χ3v) is 3.15. The van der Waals surface area contributed by atoms with Gasteiger partial charge in [0, 0.05) is 0 Å². The van der Waals surface area contributed by atoms with E-state index in [-0.39, 0.29) is 11.1 Å². The lowest BCUT2D eigenvalue weighted by Gasteiger charge is -2.10. The van der Waals surface area contributed by atoms with Gasteiger partial charge in [0.2, 0.25) is 0 Å². The first kappa shape index (κ1) is 14.5. The Morgan fingerprint density at radius 3 is 2.71 bits per heavy atom. The SMILES string of the molecule is CCCCCCC(O)Cc1ccc(Cl)c(F)c1. The van der Waals surface area contributed by atoms with Crippen LogP contribution in [-0.2, 0) is 6.42 Å². The molecule has 1 nitrogen and oxygen atoms in total. The second-order valence-electron chi connectivity index (χ2n) is 4.46. The van der Waals surface area contributed by atoms with Crippen LogP contribution >= 0.6 is 11.6 Å². The normalized spacial score (nSPS) is 12.7. The summed E-state index contributed by atoms with van der Waals surface area (Å²) in [4.78, 5) is 0. The fourth-order valence-corrected chi connectivity index (χ4v) is 1.97. The Bertz CT molecular complexity index is 341. The van der Waals surface area contributed by atoms with Crippen molar-refractivity contribution in [3.05, 3.63) is 34.6 Å². The first-order chi connectivity index (χ1) is 8.13. The van der Waals surface area contributed by atoms with Crippen molar-refractivity contribution in [2.24, 2.45) is 0 Å². The highest BCUT2D eigenvalue weighted by Gasteiger charge is 2.07. The van der Waals surface area contributed by atoms with Crippen LogP contribution in [0.15, 0.2) is 18.2 Å². The van der Waals surface area contributed by atoms with E-state index in [4.69, 9.17) is 11.6 Å². The molecule has 0 saturated carbocycles. The number of hydrogen-bond acceptors (Lipinski definition) is 1. The van der Waals surface area contributed by atoms with Crippen LogP contribution in [0.4, 0.5) is 4.39 Å². The molecule has 1 unspecified atom stereocenters. The topological polar surface area (TPSA) is 20.2 Å². The summed E-state index contributed by atoms with van der Waals surface area (Å²) in [7, 11) is 0.